The Kier molecular flexibility index (Phi) is 3.81. The van der Waals surface area contributed by atoms with Crippen LogP contribution in [0.3, 0.4) is 0 Å². The average molecular weight is 320 g/mol. The fourth-order valence-corrected chi connectivity index (χ4v) is 3.78. The second-order valence-electron chi connectivity index (χ2n) is 6.86. The third-order valence-electron chi connectivity index (χ3n) is 5.09. The van der Waals surface area contributed by atoms with Crippen LogP contribution in [-0.2, 0) is 6.42 Å². The predicted molar refractivity (Wildman–Crippen MR) is 98.9 cm³/mol. The summed E-state index contributed by atoms with van der Waals surface area (Å²) in [6.45, 7) is 5.44. The highest BCUT2D eigenvalue weighted by Crippen LogP contribution is 2.38. The number of ether oxygens (including phenoxy) is 1. The lowest BCUT2D eigenvalue weighted by Crippen LogP contribution is -2.30. The van der Waals surface area contributed by atoms with Gasteiger partial charge < -0.3 is 15.0 Å². The van der Waals surface area contributed by atoms with Crippen LogP contribution in [0.5, 0.6) is 5.75 Å². The predicted octanol–water partition coefficient (Wildman–Crippen LogP) is 4.54. The smallest absolute Gasteiger partial charge is 0.124 e. The fourth-order valence-electron chi connectivity index (χ4n) is 3.78. The largest absolute Gasteiger partial charge is 0.496 e. The van der Waals surface area contributed by atoms with Crippen molar-refractivity contribution in [2.24, 2.45) is 0 Å². The highest BCUT2D eigenvalue weighted by molar-refractivity contribution is 5.85. The van der Waals surface area contributed by atoms with E-state index in [1.165, 1.54) is 33.3 Å². The SMILES string of the molecule is COc1ccc(C(C)C)cc1C1NCCc2c1[nH]c1ccccc21. The van der Waals surface area contributed by atoms with E-state index < -0.39 is 0 Å². The summed E-state index contributed by atoms with van der Waals surface area (Å²) >= 11 is 0. The molecular weight excluding hydrogens is 296 g/mol. The molecule has 2 aromatic carbocycles. The van der Waals surface area contributed by atoms with Gasteiger partial charge in [-0.15, -0.1) is 0 Å². The molecule has 1 atom stereocenters. The summed E-state index contributed by atoms with van der Waals surface area (Å²) in [5, 5.41) is 5.03. The number of methoxy groups -OCH3 is 1. The van der Waals surface area contributed by atoms with Gasteiger partial charge in [0.25, 0.3) is 0 Å². The summed E-state index contributed by atoms with van der Waals surface area (Å²) in [5.41, 5.74) is 6.50. The minimum Gasteiger partial charge on any atom is -0.496 e. The average Bonchev–Trinajstić information content (AvgIpc) is 3.00. The van der Waals surface area contributed by atoms with E-state index in [-0.39, 0.29) is 6.04 Å². The molecule has 3 heteroatoms. The van der Waals surface area contributed by atoms with Gasteiger partial charge in [0.15, 0.2) is 0 Å². The summed E-state index contributed by atoms with van der Waals surface area (Å²) in [7, 11) is 1.75. The zero-order valence-electron chi connectivity index (χ0n) is 14.5. The molecule has 1 aliphatic heterocycles. The first-order chi connectivity index (χ1) is 11.7. The number of aromatic nitrogens is 1. The van der Waals surface area contributed by atoms with Crippen molar-refractivity contribution in [3.05, 3.63) is 64.8 Å². The molecule has 1 unspecified atom stereocenters. The summed E-state index contributed by atoms with van der Waals surface area (Å²) in [6.07, 6.45) is 1.06. The maximum Gasteiger partial charge on any atom is 0.124 e. The maximum absolute atomic E-state index is 5.67. The minimum atomic E-state index is 0.148. The lowest BCUT2D eigenvalue weighted by molar-refractivity contribution is 0.401. The highest BCUT2D eigenvalue weighted by Gasteiger charge is 2.27. The van der Waals surface area contributed by atoms with Crippen LogP contribution in [0.25, 0.3) is 10.9 Å². The molecule has 4 rings (SSSR count). The molecule has 0 bridgehead atoms. The van der Waals surface area contributed by atoms with E-state index in [4.69, 9.17) is 4.74 Å². The Balaban J connectivity index is 1.88. The van der Waals surface area contributed by atoms with E-state index in [2.05, 4.69) is 66.6 Å². The molecule has 0 amide bonds. The Bertz CT molecular complexity index is 879. The quantitative estimate of drug-likeness (QED) is 0.743. The Morgan fingerprint density at radius 3 is 2.75 bits per heavy atom. The van der Waals surface area contributed by atoms with Crippen molar-refractivity contribution in [3.63, 3.8) is 0 Å². The van der Waals surface area contributed by atoms with Gasteiger partial charge in [-0.1, -0.05) is 38.1 Å². The van der Waals surface area contributed by atoms with Crippen LogP contribution >= 0.6 is 0 Å². The van der Waals surface area contributed by atoms with Crippen LogP contribution in [-0.4, -0.2) is 18.6 Å². The lowest BCUT2D eigenvalue weighted by atomic mass is 9.91. The number of H-pyrrole nitrogens is 1. The van der Waals surface area contributed by atoms with Gasteiger partial charge >= 0.3 is 0 Å². The van der Waals surface area contributed by atoms with Crippen molar-refractivity contribution >= 4 is 10.9 Å². The second kappa shape index (κ2) is 5.99. The Labute approximate surface area is 143 Å². The van der Waals surface area contributed by atoms with Crippen LogP contribution in [0.2, 0.25) is 0 Å². The lowest BCUT2D eigenvalue weighted by Gasteiger charge is -2.27. The molecule has 0 fully saturated rings. The molecule has 1 aliphatic rings. The van der Waals surface area contributed by atoms with Crippen LogP contribution in [0.15, 0.2) is 42.5 Å². The maximum atomic E-state index is 5.67. The van der Waals surface area contributed by atoms with Gasteiger partial charge in [-0.25, -0.2) is 0 Å². The third kappa shape index (κ3) is 2.40. The standard InChI is InChI=1S/C21H24N2O/c1-13(2)14-8-9-19(24-3)17(12-14)20-21-16(10-11-22-20)15-6-4-5-7-18(15)23-21/h4-9,12-13,20,22-23H,10-11H2,1-3H3. The Morgan fingerprint density at radius 1 is 1.12 bits per heavy atom. The first-order valence-corrected chi connectivity index (χ1v) is 8.69. The van der Waals surface area contributed by atoms with E-state index >= 15 is 0 Å². The second-order valence-corrected chi connectivity index (χ2v) is 6.86. The van der Waals surface area contributed by atoms with E-state index in [9.17, 15) is 0 Å². The van der Waals surface area contributed by atoms with Gasteiger partial charge in [0, 0.05) is 28.7 Å². The normalized spacial score (nSPS) is 17.2. The molecular formula is C21H24N2O. The number of aromatic amines is 1. The van der Waals surface area contributed by atoms with E-state index in [1.807, 2.05) is 0 Å². The number of para-hydroxylation sites is 1. The van der Waals surface area contributed by atoms with Gasteiger partial charge in [0.2, 0.25) is 0 Å². The summed E-state index contributed by atoms with van der Waals surface area (Å²) in [4.78, 5) is 3.65. The van der Waals surface area contributed by atoms with E-state index in [0.717, 1.165) is 18.7 Å². The molecule has 0 saturated carbocycles. The number of fused-ring (bicyclic) bond motifs is 3. The summed E-state index contributed by atoms with van der Waals surface area (Å²) < 4.78 is 5.67. The van der Waals surface area contributed by atoms with E-state index in [1.54, 1.807) is 7.11 Å². The van der Waals surface area contributed by atoms with Gasteiger partial charge in [-0.2, -0.15) is 0 Å². The van der Waals surface area contributed by atoms with Crippen LogP contribution in [0.4, 0.5) is 0 Å². The van der Waals surface area contributed by atoms with Crippen molar-refractivity contribution in [1.29, 1.82) is 0 Å². The number of nitrogens with one attached hydrogen (secondary N) is 2. The number of hydrogen-bond acceptors (Lipinski definition) is 2. The molecule has 0 aliphatic carbocycles. The van der Waals surface area contributed by atoms with Crippen molar-refractivity contribution in [2.45, 2.75) is 32.2 Å². The molecule has 0 spiro atoms. The van der Waals surface area contributed by atoms with Gasteiger partial charge in [0.05, 0.1) is 13.2 Å². The topological polar surface area (TPSA) is 37.0 Å². The first-order valence-electron chi connectivity index (χ1n) is 8.69. The zero-order valence-corrected chi connectivity index (χ0v) is 14.5. The molecule has 2 N–H and O–H groups in total. The van der Waals surface area contributed by atoms with Crippen LogP contribution in [0.1, 0.15) is 48.2 Å². The number of benzene rings is 2. The van der Waals surface area contributed by atoms with Gasteiger partial charge in [0.1, 0.15) is 5.75 Å². The molecule has 1 aromatic heterocycles. The Morgan fingerprint density at radius 2 is 1.96 bits per heavy atom. The molecule has 124 valence electrons. The Hall–Kier alpha value is -2.26. The van der Waals surface area contributed by atoms with Crippen molar-refractivity contribution < 1.29 is 4.74 Å². The number of rotatable bonds is 3. The van der Waals surface area contributed by atoms with Crippen molar-refractivity contribution in [3.8, 4) is 5.75 Å². The van der Waals surface area contributed by atoms with Crippen LogP contribution < -0.4 is 10.1 Å². The van der Waals surface area contributed by atoms with Gasteiger partial charge in [-0.3, -0.25) is 0 Å². The molecule has 2 heterocycles. The number of hydrogen-bond donors (Lipinski definition) is 2. The van der Waals surface area contributed by atoms with Crippen molar-refractivity contribution in [2.75, 3.05) is 13.7 Å². The zero-order chi connectivity index (χ0) is 16.7. The summed E-state index contributed by atoms with van der Waals surface area (Å²) in [6, 6.07) is 15.3. The first kappa shape index (κ1) is 15.3. The van der Waals surface area contributed by atoms with E-state index in [0.29, 0.717) is 5.92 Å². The molecule has 3 aromatic rings. The van der Waals surface area contributed by atoms with Crippen molar-refractivity contribution in [1.82, 2.24) is 10.3 Å². The molecule has 24 heavy (non-hydrogen) atoms. The molecule has 0 radical (unpaired) electrons. The third-order valence-corrected chi connectivity index (χ3v) is 5.09. The molecule has 0 saturated heterocycles. The minimum absolute atomic E-state index is 0.148. The van der Waals surface area contributed by atoms with Gasteiger partial charge in [-0.05, 0) is 41.7 Å². The summed E-state index contributed by atoms with van der Waals surface area (Å²) in [5.74, 6) is 1.45. The monoisotopic (exact) mass is 320 g/mol. The highest BCUT2D eigenvalue weighted by atomic mass is 16.5. The van der Waals surface area contributed by atoms with Crippen LogP contribution in [0, 0.1) is 0 Å². The fraction of sp³-hybridized carbons (Fsp3) is 0.333. The molecule has 3 nitrogen and oxygen atoms in total.